The molecule has 4 heteroatoms. The Hall–Kier alpha value is -1.32. The van der Waals surface area contributed by atoms with Gasteiger partial charge in [0.2, 0.25) is 0 Å². The molecule has 1 heterocycles. The van der Waals surface area contributed by atoms with E-state index in [1.54, 1.807) is 6.92 Å². The Morgan fingerprint density at radius 2 is 2.33 bits per heavy atom. The lowest BCUT2D eigenvalue weighted by Gasteiger charge is -2.03. The van der Waals surface area contributed by atoms with Crippen molar-refractivity contribution in [1.82, 2.24) is 4.98 Å². The van der Waals surface area contributed by atoms with E-state index in [-0.39, 0.29) is 0 Å². The molecule has 0 unspecified atom stereocenters. The predicted octanol–water partition coefficient (Wildman–Crippen LogP) is 2.44. The third-order valence-corrected chi connectivity index (χ3v) is 2.06. The van der Waals surface area contributed by atoms with Crippen LogP contribution in [0.1, 0.15) is 43.4 Å². The molecule has 0 aliphatic heterocycles. The predicted molar refractivity (Wildman–Crippen MR) is 55.6 cm³/mol. The van der Waals surface area contributed by atoms with E-state index in [0.29, 0.717) is 24.0 Å². The average molecular weight is 211 g/mol. The van der Waals surface area contributed by atoms with E-state index in [4.69, 9.17) is 9.15 Å². The largest absolute Gasteiger partial charge is 0.461 e. The summed E-state index contributed by atoms with van der Waals surface area (Å²) in [4.78, 5) is 15.3. The van der Waals surface area contributed by atoms with Crippen LogP contribution in [0.25, 0.3) is 0 Å². The van der Waals surface area contributed by atoms with E-state index in [0.717, 1.165) is 12.8 Å². The Kier molecular flexibility index (Phi) is 4.34. The minimum atomic E-state index is -0.398. The maximum Gasteiger partial charge on any atom is 0.360 e. The Labute approximate surface area is 89.6 Å². The number of nitrogens with zero attached hydrogens (tertiary/aromatic N) is 1. The van der Waals surface area contributed by atoms with Crippen LogP contribution in [-0.2, 0) is 11.2 Å². The van der Waals surface area contributed by atoms with Crippen molar-refractivity contribution in [1.29, 1.82) is 0 Å². The van der Waals surface area contributed by atoms with Crippen molar-refractivity contribution in [2.24, 2.45) is 5.92 Å². The van der Waals surface area contributed by atoms with Gasteiger partial charge in [-0.2, -0.15) is 0 Å². The first kappa shape index (κ1) is 11.8. The Morgan fingerprint density at radius 1 is 1.60 bits per heavy atom. The van der Waals surface area contributed by atoms with Crippen molar-refractivity contribution in [3.8, 4) is 0 Å². The van der Waals surface area contributed by atoms with Crippen LogP contribution in [0.15, 0.2) is 10.8 Å². The molecule has 0 saturated heterocycles. The summed E-state index contributed by atoms with van der Waals surface area (Å²) in [5.41, 5.74) is 0.317. The molecule has 0 aromatic carbocycles. The summed E-state index contributed by atoms with van der Waals surface area (Å²) < 4.78 is 10.0. The van der Waals surface area contributed by atoms with Gasteiger partial charge in [-0.15, -0.1) is 0 Å². The van der Waals surface area contributed by atoms with Crippen molar-refractivity contribution in [2.75, 3.05) is 6.61 Å². The van der Waals surface area contributed by atoms with Gasteiger partial charge in [0.05, 0.1) is 6.61 Å². The van der Waals surface area contributed by atoms with Crippen LogP contribution >= 0.6 is 0 Å². The fourth-order valence-electron chi connectivity index (χ4n) is 1.23. The van der Waals surface area contributed by atoms with Gasteiger partial charge in [-0.1, -0.05) is 13.8 Å². The average Bonchev–Trinajstić information content (AvgIpc) is 2.62. The smallest absolute Gasteiger partial charge is 0.360 e. The lowest BCUT2D eigenvalue weighted by Crippen LogP contribution is -2.08. The van der Waals surface area contributed by atoms with Gasteiger partial charge in [-0.05, 0) is 19.3 Å². The van der Waals surface area contributed by atoms with Crippen LogP contribution < -0.4 is 0 Å². The first-order valence-electron chi connectivity index (χ1n) is 5.24. The number of oxazole rings is 1. The highest BCUT2D eigenvalue weighted by Gasteiger charge is 2.17. The van der Waals surface area contributed by atoms with Crippen molar-refractivity contribution >= 4 is 5.97 Å². The second-order valence-corrected chi connectivity index (χ2v) is 3.78. The molecule has 0 bridgehead atoms. The van der Waals surface area contributed by atoms with Crippen LogP contribution in [0.2, 0.25) is 0 Å². The monoisotopic (exact) mass is 211 g/mol. The molecule has 0 radical (unpaired) electrons. The fraction of sp³-hybridized carbons (Fsp3) is 0.636. The van der Waals surface area contributed by atoms with E-state index >= 15 is 0 Å². The molecule has 0 N–H and O–H groups in total. The minimum absolute atomic E-state index is 0.317. The van der Waals surface area contributed by atoms with Crippen LogP contribution in [-0.4, -0.2) is 17.6 Å². The number of hydrogen-bond donors (Lipinski definition) is 0. The number of carbonyl (C=O) groups excluding carboxylic acids is 1. The number of hydrogen-bond acceptors (Lipinski definition) is 4. The number of aryl methyl sites for hydroxylation is 1. The summed E-state index contributed by atoms with van der Waals surface area (Å²) in [5, 5.41) is 0. The summed E-state index contributed by atoms with van der Waals surface area (Å²) in [6.45, 7) is 6.38. The van der Waals surface area contributed by atoms with Crippen LogP contribution in [0.5, 0.6) is 0 Å². The van der Waals surface area contributed by atoms with Gasteiger partial charge >= 0.3 is 5.97 Å². The van der Waals surface area contributed by atoms with Gasteiger partial charge in [0, 0.05) is 6.42 Å². The maximum atomic E-state index is 11.4. The van der Waals surface area contributed by atoms with Gasteiger partial charge in [-0.25, -0.2) is 9.78 Å². The van der Waals surface area contributed by atoms with E-state index < -0.39 is 5.97 Å². The third kappa shape index (κ3) is 3.38. The van der Waals surface area contributed by atoms with E-state index in [1.807, 2.05) is 0 Å². The zero-order valence-corrected chi connectivity index (χ0v) is 9.45. The normalized spacial score (nSPS) is 10.7. The van der Waals surface area contributed by atoms with Gasteiger partial charge in [0.15, 0.2) is 12.1 Å². The summed E-state index contributed by atoms with van der Waals surface area (Å²) in [5.74, 6) is 0.803. The highest BCUT2D eigenvalue weighted by molar-refractivity contribution is 5.88. The molecule has 0 aliphatic rings. The molecule has 1 aromatic heterocycles. The van der Waals surface area contributed by atoms with E-state index in [9.17, 15) is 4.79 Å². The maximum absolute atomic E-state index is 11.4. The third-order valence-electron chi connectivity index (χ3n) is 2.06. The van der Waals surface area contributed by atoms with Crippen LogP contribution in [0.4, 0.5) is 0 Å². The lowest BCUT2D eigenvalue weighted by atomic mass is 10.1. The second kappa shape index (κ2) is 5.53. The van der Waals surface area contributed by atoms with E-state index in [2.05, 4.69) is 18.8 Å². The van der Waals surface area contributed by atoms with Gasteiger partial charge in [0.25, 0.3) is 0 Å². The summed E-state index contributed by atoms with van der Waals surface area (Å²) in [6, 6.07) is 0. The second-order valence-electron chi connectivity index (χ2n) is 3.78. The number of ether oxygens (including phenoxy) is 1. The van der Waals surface area contributed by atoms with Gasteiger partial charge < -0.3 is 9.15 Å². The first-order valence-corrected chi connectivity index (χ1v) is 5.24. The quantitative estimate of drug-likeness (QED) is 0.702. The molecule has 0 aliphatic carbocycles. The molecule has 15 heavy (non-hydrogen) atoms. The number of carbonyl (C=O) groups is 1. The molecule has 0 spiro atoms. The highest BCUT2D eigenvalue weighted by Crippen LogP contribution is 2.13. The summed E-state index contributed by atoms with van der Waals surface area (Å²) in [6.07, 6.45) is 3.00. The number of rotatable bonds is 5. The van der Waals surface area contributed by atoms with Crippen molar-refractivity contribution in [2.45, 2.75) is 33.6 Å². The first-order chi connectivity index (χ1) is 7.15. The fourth-order valence-corrected chi connectivity index (χ4v) is 1.23. The molecule has 0 saturated carbocycles. The lowest BCUT2D eigenvalue weighted by molar-refractivity contribution is 0.0517. The molecule has 0 amide bonds. The highest BCUT2D eigenvalue weighted by atomic mass is 16.5. The zero-order chi connectivity index (χ0) is 11.3. The summed E-state index contributed by atoms with van der Waals surface area (Å²) in [7, 11) is 0. The molecule has 1 rings (SSSR count). The topological polar surface area (TPSA) is 52.3 Å². The number of esters is 1. The van der Waals surface area contributed by atoms with Crippen molar-refractivity contribution < 1.29 is 13.9 Å². The molecule has 0 fully saturated rings. The molecule has 84 valence electrons. The molecular weight excluding hydrogens is 194 g/mol. The standard InChI is InChI=1S/C11H17NO3/c1-4-14-11(13)10-9(15-7-12-10)6-5-8(2)3/h7-8H,4-6H2,1-3H3. The van der Waals surface area contributed by atoms with Crippen molar-refractivity contribution in [3.05, 3.63) is 17.8 Å². The minimum Gasteiger partial charge on any atom is -0.461 e. The summed E-state index contributed by atoms with van der Waals surface area (Å²) >= 11 is 0. The van der Waals surface area contributed by atoms with Gasteiger partial charge in [-0.3, -0.25) is 0 Å². The zero-order valence-electron chi connectivity index (χ0n) is 9.45. The molecule has 1 aromatic rings. The van der Waals surface area contributed by atoms with Crippen LogP contribution in [0.3, 0.4) is 0 Å². The van der Waals surface area contributed by atoms with E-state index in [1.165, 1.54) is 6.39 Å². The Bertz CT molecular complexity index is 317. The molecule has 0 atom stereocenters. The Morgan fingerprint density at radius 3 is 2.93 bits per heavy atom. The number of aromatic nitrogens is 1. The van der Waals surface area contributed by atoms with Crippen molar-refractivity contribution in [3.63, 3.8) is 0 Å². The van der Waals surface area contributed by atoms with Gasteiger partial charge in [0.1, 0.15) is 5.76 Å². The molecular formula is C11H17NO3. The SMILES string of the molecule is CCOC(=O)c1ncoc1CCC(C)C. The van der Waals surface area contributed by atoms with Crippen LogP contribution in [0, 0.1) is 5.92 Å². The Balaban J connectivity index is 2.64. The molecule has 4 nitrogen and oxygen atoms in total.